The van der Waals surface area contributed by atoms with Crippen molar-refractivity contribution in [2.24, 2.45) is 0 Å². The van der Waals surface area contributed by atoms with Crippen molar-refractivity contribution in [3.05, 3.63) is 104 Å². The Balaban J connectivity index is 1.42. The first-order valence-electron chi connectivity index (χ1n) is 12.5. The lowest BCUT2D eigenvalue weighted by Gasteiger charge is -2.14. The van der Waals surface area contributed by atoms with Gasteiger partial charge >= 0.3 is 5.69 Å². The number of para-hydroxylation sites is 1. The molecule has 0 saturated carbocycles. The summed E-state index contributed by atoms with van der Waals surface area (Å²) in [6, 6.07) is 20.8. The summed E-state index contributed by atoms with van der Waals surface area (Å²) < 4.78 is 7.56. The van der Waals surface area contributed by atoms with E-state index in [0.717, 1.165) is 10.1 Å². The number of fused-ring (bicyclic) bond motifs is 1. The number of carbonyl (C=O) groups is 2. The Morgan fingerprint density at radius 1 is 0.872 bits per heavy atom. The van der Waals surface area contributed by atoms with Gasteiger partial charge in [-0.3, -0.25) is 23.5 Å². The second-order valence-electron chi connectivity index (χ2n) is 8.94. The van der Waals surface area contributed by atoms with Crippen LogP contribution in [0.2, 0.25) is 5.02 Å². The van der Waals surface area contributed by atoms with Crippen LogP contribution in [-0.2, 0) is 29.2 Å². The Morgan fingerprint density at radius 3 is 2.33 bits per heavy atom. The summed E-state index contributed by atoms with van der Waals surface area (Å²) in [6.45, 7) is 0.183. The molecule has 0 spiro atoms. The van der Waals surface area contributed by atoms with Crippen LogP contribution in [-0.4, -0.2) is 28.1 Å². The first-order chi connectivity index (χ1) is 18.9. The predicted molar refractivity (Wildman–Crippen MR) is 151 cm³/mol. The fraction of sp³-hybridized carbons (Fsp3) is 0.241. The van der Waals surface area contributed by atoms with Gasteiger partial charge in [0.1, 0.15) is 12.3 Å². The van der Waals surface area contributed by atoms with Gasteiger partial charge in [0.2, 0.25) is 11.8 Å². The molecule has 0 atom stereocenters. The van der Waals surface area contributed by atoms with Crippen LogP contribution >= 0.6 is 11.6 Å². The molecule has 202 valence electrons. The average Bonchev–Trinajstić information content (AvgIpc) is 2.95. The number of carbonyl (C=O) groups excluding carboxylic acids is 2. The quantitative estimate of drug-likeness (QED) is 0.276. The van der Waals surface area contributed by atoms with E-state index in [2.05, 4.69) is 10.6 Å². The van der Waals surface area contributed by atoms with E-state index in [4.69, 9.17) is 16.3 Å². The number of methoxy groups -OCH3 is 1. The van der Waals surface area contributed by atoms with Crippen molar-refractivity contribution in [3.8, 4) is 5.75 Å². The molecule has 1 heterocycles. The summed E-state index contributed by atoms with van der Waals surface area (Å²) >= 11 is 6.12. The van der Waals surface area contributed by atoms with Crippen molar-refractivity contribution in [1.29, 1.82) is 0 Å². The standard InChI is InChI=1S/C29H29ClN4O5/c1-39-22-15-13-21(14-16-22)32-27(36)19-34-25-11-5-3-9-23(25)28(37)33(29(34)38)17-7-6-12-26(35)31-18-20-8-2-4-10-24(20)30/h2-5,8-11,13-16H,6-7,12,17-19H2,1H3,(H,31,35)(H,32,36). The fourth-order valence-corrected chi connectivity index (χ4v) is 4.42. The molecule has 0 unspecified atom stereocenters. The first kappa shape index (κ1) is 27.7. The monoisotopic (exact) mass is 548 g/mol. The van der Waals surface area contributed by atoms with E-state index in [1.54, 1.807) is 61.7 Å². The van der Waals surface area contributed by atoms with Crippen LogP contribution < -0.4 is 26.6 Å². The lowest BCUT2D eigenvalue weighted by Crippen LogP contribution is -2.41. The molecule has 39 heavy (non-hydrogen) atoms. The van der Waals surface area contributed by atoms with Crippen molar-refractivity contribution in [1.82, 2.24) is 14.5 Å². The van der Waals surface area contributed by atoms with Crippen molar-refractivity contribution in [2.45, 2.75) is 38.9 Å². The third-order valence-corrected chi connectivity index (χ3v) is 6.65. The SMILES string of the molecule is COc1ccc(NC(=O)Cn2c(=O)n(CCCCC(=O)NCc3ccccc3Cl)c(=O)c3ccccc32)cc1. The summed E-state index contributed by atoms with van der Waals surface area (Å²) in [4.78, 5) is 51.5. The van der Waals surface area contributed by atoms with Gasteiger partial charge in [0.15, 0.2) is 0 Å². The van der Waals surface area contributed by atoms with Gasteiger partial charge in [-0.1, -0.05) is 41.9 Å². The van der Waals surface area contributed by atoms with Gasteiger partial charge in [-0.2, -0.15) is 0 Å². The molecule has 0 aliphatic heterocycles. The van der Waals surface area contributed by atoms with Gasteiger partial charge in [-0.15, -0.1) is 0 Å². The zero-order chi connectivity index (χ0) is 27.8. The molecule has 0 radical (unpaired) electrons. The highest BCUT2D eigenvalue weighted by molar-refractivity contribution is 6.31. The minimum Gasteiger partial charge on any atom is -0.497 e. The molecular formula is C29H29ClN4O5. The van der Waals surface area contributed by atoms with Crippen LogP contribution in [0.4, 0.5) is 5.69 Å². The number of unbranched alkanes of at least 4 members (excludes halogenated alkanes) is 1. The second-order valence-corrected chi connectivity index (χ2v) is 9.35. The normalized spacial score (nSPS) is 10.8. The van der Waals surface area contributed by atoms with Crippen molar-refractivity contribution in [3.63, 3.8) is 0 Å². The van der Waals surface area contributed by atoms with E-state index in [1.165, 1.54) is 4.57 Å². The predicted octanol–water partition coefficient (Wildman–Crippen LogP) is 3.95. The average molecular weight is 549 g/mol. The molecule has 4 aromatic rings. The summed E-state index contributed by atoms with van der Waals surface area (Å²) in [5.74, 6) is 0.0987. The molecule has 9 nitrogen and oxygen atoms in total. The van der Waals surface area contributed by atoms with Crippen LogP contribution in [0.15, 0.2) is 82.4 Å². The van der Waals surface area contributed by atoms with Crippen LogP contribution in [0, 0.1) is 0 Å². The summed E-state index contributed by atoms with van der Waals surface area (Å²) in [6.07, 6.45) is 1.15. The van der Waals surface area contributed by atoms with Crippen LogP contribution in [0.3, 0.4) is 0 Å². The number of aromatic nitrogens is 2. The van der Waals surface area contributed by atoms with Crippen LogP contribution in [0.1, 0.15) is 24.8 Å². The number of hydrogen-bond donors (Lipinski definition) is 2. The summed E-state index contributed by atoms with van der Waals surface area (Å²) in [5.41, 5.74) is 0.760. The van der Waals surface area contributed by atoms with E-state index in [0.29, 0.717) is 46.7 Å². The van der Waals surface area contributed by atoms with Gasteiger partial charge in [-0.25, -0.2) is 4.79 Å². The zero-order valence-electron chi connectivity index (χ0n) is 21.5. The summed E-state index contributed by atoms with van der Waals surface area (Å²) in [5, 5.41) is 6.52. The van der Waals surface area contributed by atoms with E-state index in [-0.39, 0.29) is 25.4 Å². The third-order valence-electron chi connectivity index (χ3n) is 6.28. The third kappa shape index (κ3) is 6.94. The molecule has 4 rings (SSSR count). The Hall–Kier alpha value is -4.37. The van der Waals surface area contributed by atoms with E-state index in [1.807, 2.05) is 18.2 Å². The lowest BCUT2D eigenvalue weighted by atomic mass is 10.2. The molecule has 2 N–H and O–H groups in total. The second kappa shape index (κ2) is 12.9. The molecule has 2 amide bonds. The van der Waals surface area contributed by atoms with Gasteiger partial charge in [-0.05, 0) is 60.9 Å². The maximum Gasteiger partial charge on any atom is 0.331 e. The Kier molecular flexibility index (Phi) is 9.17. The minimum atomic E-state index is -0.577. The van der Waals surface area contributed by atoms with Gasteiger partial charge in [0.05, 0.1) is 18.0 Å². The molecule has 0 saturated heterocycles. The number of nitrogens with one attached hydrogen (secondary N) is 2. The zero-order valence-corrected chi connectivity index (χ0v) is 22.2. The van der Waals surface area contributed by atoms with Crippen molar-refractivity contribution in [2.75, 3.05) is 12.4 Å². The molecule has 0 aliphatic carbocycles. The molecule has 10 heteroatoms. The number of hydrogen-bond acceptors (Lipinski definition) is 5. The number of ether oxygens (including phenoxy) is 1. The van der Waals surface area contributed by atoms with E-state index >= 15 is 0 Å². The topological polar surface area (TPSA) is 111 Å². The van der Waals surface area contributed by atoms with E-state index < -0.39 is 17.2 Å². The maximum atomic E-state index is 13.3. The Labute approximate surface area is 230 Å². The highest BCUT2D eigenvalue weighted by atomic mass is 35.5. The van der Waals surface area contributed by atoms with Gasteiger partial charge in [0, 0.05) is 30.2 Å². The number of nitrogens with zero attached hydrogens (tertiary/aromatic N) is 2. The molecule has 0 bridgehead atoms. The first-order valence-corrected chi connectivity index (χ1v) is 12.9. The van der Waals surface area contributed by atoms with E-state index in [9.17, 15) is 19.2 Å². The molecule has 1 aromatic heterocycles. The molecule has 3 aromatic carbocycles. The number of anilines is 1. The van der Waals surface area contributed by atoms with Gasteiger partial charge < -0.3 is 15.4 Å². The molecule has 0 fully saturated rings. The fourth-order valence-electron chi connectivity index (χ4n) is 4.22. The number of benzene rings is 3. The molecular weight excluding hydrogens is 520 g/mol. The summed E-state index contributed by atoms with van der Waals surface area (Å²) in [7, 11) is 1.55. The van der Waals surface area contributed by atoms with Crippen molar-refractivity contribution >= 4 is 40.0 Å². The van der Waals surface area contributed by atoms with Crippen molar-refractivity contribution < 1.29 is 14.3 Å². The number of halogens is 1. The van der Waals surface area contributed by atoms with Gasteiger partial charge in [0.25, 0.3) is 5.56 Å². The molecule has 0 aliphatic rings. The Bertz CT molecular complexity index is 1590. The number of amides is 2. The van der Waals surface area contributed by atoms with Crippen LogP contribution in [0.5, 0.6) is 5.75 Å². The number of rotatable bonds is 11. The Morgan fingerprint density at radius 2 is 1.59 bits per heavy atom. The highest BCUT2D eigenvalue weighted by Crippen LogP contribution is 2.16. The highest BCUT2D eigenvalue weighted by Gasteiger charge is 2.15. The smallest absolute Gasteiger partial charge is 0.331 e. The maximum absolute atomic E-state index is 13.3. The van der Waals surface area contributed by atoms with Crippen LogP contribution in [0.25, 0.3) is 10.9 Å². The lowest BCUT2D eigenvalue weighted by molar-refractivity contribution is -0.121. The minimum absolute atomic E-state index is 0.125. The largest absolute Gasteiger partial charge is 0.497 e.